The van der Waals surface area contributed by atoms with Crippen LogP contribution in [-0.2, 0) is 15.1 Å². The molecule has 0 unspecified atom stereocenters. The number of anilines is 1. The fourth-order valence-corrected chi connectivity index (χ4v) is 3.34. The van der Waals surface area contributed by atoms with E-state index in [1.165, 1.54) is 12.1 Å². The van der Waals surface area contributed by atoms with E-state index < -0.39 is 35.7 Å². The highest BCUT2D eigenvalue weighted by molar-refractivity contribution is 6.31. The Morgan fingerprint density at radius 3 is 2.45 bits per heavy atom. The predicted molar refractivity (Wildman–Crippen MR) is 108 cm³/mol. The van der Waals surface area contributed by atoms with Gasteiger partial charge >= 0.3 is 6.03 Å². The fourth-order valence-electron chi connectivity index (χ4n) is 3.16. The zero-order chi connectivity index (χ0) is 21.3. The molecule has 2 N–H and O–H groups in total. The van der Waals surface area contributed by atoms with E-state index in [0.29, 0.717) is 11.5 Å². The normalized spacial score (nSPS) is 18.9. The molecule has 8 heteroatoms. The Balaban J connectivity index is 1.74. The van der Waals surface area contributed by atoms with E-state index >= 15 is 0 Å². The van der Waals surface area contributed by atoms with E-state index in [0.717, 1.165) is 16.5 Å². The maximum Gasteiger partial charge on any atom is 0.325 e. The summed E-state index contributed by atoms with van der Waals surface area (Å²) < 4.78 is 13.2. The molecule has 1 saturated heterocycles. The number of nitrogens with zero attached hydrogens (tertiary/aromatic N) is 1. The van der Waals surface area contributed by atoms with Crippen LogP contribution in [0.25, 0.3) is 0 Å². The summed E-state index contributed by atoms with van der Waals surface area (Å²) in [5, 5.41) is 5.03. The number of urea groups is 1. The second kappa shape index (κ2) is 7.83. The molecule has 0 bridgehead atoms. The van der Waals surface area contributed by atoms with E-state index in [9.17, 15) is 18.8 Å². The third-order valence-electron chi connectivity index (χ3n) is 4.93. The molecule has 4 amide bonds. The van der Waals surface area contributed by atoms with Gasteiger partial charge in [-0.05, 0) is 42.2 Å². The van der Waals surface area contributed by atoms with Gasteiger partial charge in [0, 0.05) is 5.69 Å². The van der Waals surface area contributed by atoms with Crippen molar-refractivity contribution in [3.05, 3.63) is 64.4 Å². The first-order valence-corrected chi connectivity index (χ1v) is 9.49. The van der Waals surface area contributed by atoms with E-state index in [-0.39, 0.29) is 10.7 Å². The third kappa shape index (κ3) is 4.10. The number of amides is 4. The van der Waals surface area contributed by atoms with Gasteiger partial charge in [0.2, 0.25) is 5.91 Å². The number of hydrogen-bond donors (Lipinski definition) is 2. The summed E-state index contributed by atoms with van der Waals surface area (Å²) in [6.07, 6.45) is 0. The highest BCUT2D eigenvalue weighted by Crippen LogP contribution is 2.30. The topological polar surface area (TPSA) is 78.5 Å². The largest absolute Gasteiger partial charge is 0.325 e. The molecule has 6 nitrogen and oxygen atoms in total. The highest BCUT2D eigenvalue weighted by atomic mass is 35.5. The van der Waals surface area contributed by atoms with Gasteiger partial charge in [-0.3, -0.25) is 14.5 Å². The summed E-state index contributed by atoms with van der Waals surface area (Å²) in [4.78, 5) is 38.5. The summed E-state index contributed by atoms with van der Waals surface area (Å²) in [5.41, 5.74) is 0.753. The number of rotatable bonds is 5. The lowest BCUT2D eigenvalue weighted by Crippen LogP contribution is -2.42. The van der Waals surface area contributed by atoms with Crippen LogP contribution in [0.5, 0.6) is 0 Å². The number of hydrogen-bond acceptors (Lipinski definition) is 3. The lowest BCUT2D eigenvalue weighted by atomic mass is 9.90. The Morgan fingerprint density at radius 2 is 1.86 bits per heavy atom. The first-order chi connectivity index (χ1) is 13.6. The maximum absolute atomic E-state index is 13.2. The zero-order valence-electron chi connectivity index (χ0n) is 16.3. The minimum Gasteiger partial charge on any atom is -0.324 e. The molecule has 29 heavy (non-hydrogen) atoms. The van der Waals surface area contributed by atoms with Crippen molar-refractivity contribution >= 4 is 35.1 Å². The van der Waals surface area contributed by atoms with Gasteiger partial charge in [-0.15, -0.1) is 0 Å². The van der Waals surface area contributed by atoms with Crippen LogP contribution < -0.4 is 10.6 Å². The first-order valence-electron chi connectivity index (χ1n) is 9.11. The van der Waals surface area contributed by atoms with Crippen molar-refractivity contribution in [2.45, 2.75) is 32.2 Å². The summed E-state index contributed by atoms with van der Waals surface area (Å²) in [6.45, 7) is 5.26. The Morgan fingerprint density at radius 1 is 1.21 bits per heavy atom. The average Bonchev–Trinajstić information content (AvgIpc) is 2.89. The molecule has 1 fully saturated rings. The number of halogens is 2. The predicted octanol–water partition coefficient (Wildman–Crippen LogP) is 4.01. The summed E-state index contributed by atoms with van der Waals surface area (Å²) in [5.74, 6) is -1.40. The average molecular weight is 418 g/mol. The van der Waals surface area contributed by atoms with Crippen molar-refractivity contribution in [2.75, 3.05) is 11.9 Å². The van der Waals surface area contributed by atoms with Crippen LogP contribution in [0.1, 0.15) is 37.8 Å². The van der Waals surface area contributed by atoms with E-state index in [1.807, 2.05) is 12.1 Å². The van der Waals surface area contributed by atoms with E-state index in [2.05, 4.69) is 24.5 Å². The van der Waals surface area contributed by atoms with Gasteiger partial charge in [0.25, 0.3) is 5.91 Å². The Bertz CT molecular complexity index is 978. The smallest absolute Gasteiger partial charge is 0.324 e. The molecule has 152 valence electrons. The molecule has 1 heterocycles. The molecule has 0 radical (unpaired) electrons. The molecule has 0 aromatic heterocycles. The van der Waals surface area contributed by atoms with Crippen LogP contribution in [0.2, 0.25) is 5.02 Å². The van der Waals surface area contributed by atoms with Gasteiger partial charge in [-0.25, -0.2) is 9.18 Å². The molecule has 0 aliphatic carbocycles. The van der Waals surface area contributed by atoms with Gasteiger partial charge in [-0.1, -0.05) is 49.7 Å². The van der Waals surface area contributed by atoms with Crippen LogP contribution in [0.4, 0.5) is 14.9 Å². The monoisotopic (exact) mass is 417 g/mol. The van der Waals surface area contributed by atoms with Crippen molar-refractivity contribution in [3.8, 4) is 0 Å². The number of imide groups is 1. The summed E-state index contributed by atoms with van der Waals surface area (Å²) >= 11 is 5.69. The molecular formula is C21H21ClFN3O3. The molecule has 3 rings (SSSR count). The van der Waals surface area contributed by atoms with Crippen molar-refractivity contribution < 1.29 is 18.8 Å². The molecular weight excluding hydrogens is 397 g/mol. The number of carbonyl (C=O) groups is 3. The first kappa shape index (κ1) is 20.8. The van der Waals surface area contributed by atoms with Gasteiger partial charge in [0.1, 0.15) is 17.9 Å². The second-order valence-electron chi connectivity index (χ2n) is 7.40. The Hall–Kier alpha value is -2.93. The molecule has 1 aliphatic heterocycles. The fraction of sp³-hybridized carbons (Fsp3) is 0.286. The van der Waals surface area contributed by atoms with Crippen LogP contribution in [0, 0.1) is 5.82 Å². The molecule has 1 atom stereocenters. The SMILES string of the molecule is CC(C)c1ccc([C@@]2(C)NC(=O)N(CC(=O)Nc3ccc(F)c(Cl)c3)C2=O)cc1. The van der Waals surface area contributed by atoms with E-state index in [1.54, 1.807) is 19.1 Å². The van der Waals surface area contributed by atoms with Gasteiger partial charge in [0.15, 0.2) is 0 Å². The molecule has 2 aromatic carbocycles. The standard InChI is InChI=1S/C21H21ClFN3O3/c1-12(2)13-4-6-14(7-5-13)21(3)19(28)26(20(29)25-21)11-18(27)24-15-8-9-17(23)16(22)10-15/h4-10,12H,11H2,1-3H3,(H,24,27)(H,25,29)/t21-/m1/s1. The van der Waals surface area contributed by atoms with Crippen molar-refractivity contribution in [2.24, 2.45) is 0 Å². The highest BCUT2D eigenvalue weighted by Gasteiger charge is 2.49. The van der Waals surface area contributed by atoms with Crippen LogP contribution in [-0.4, -0.2) is 29.3 Å². The minimum atomic E-state index is -1.26. The quantitative estimate of drug-likeness (QED) is 0.721. The minimum absolute atomic E-state index is 0.143. The van der Waals surface area contributed by atoms with Crippen LogP contribution >= 0.6 is 11.6 Å². The molecule has 0 spiro atoms. The zero-order valence-corrected chi connectivity index (χ0v) is 17.0. The summed E-state index contributed by atoms with van der Waals surface area (Å²) in [6, 6.07) is 10.5. The summed E-state index contributed by atoms with van der Waals surface area (Å²) in [7, 11) is 0. The lowest BCUT2D eigenvalue weighted by molar-refractivity contribution is -0.133. The Kier molecular flexibility index (Phi) is 5.61. The van der Waals surface area contributed by atoms with Crippen LogP contribution in [0.3, 0.4) is 0 Å². The molecule has 1 aliphatic rings. The number of carbonyl (C=O) groups excluding carboxylic acids is 3. The van der Waals surface area contributed by atoms with Crippen LogP contribution in [0.15, 0.2) is 42.5 Å². The van der Waals surface area contributed by atoms with Gasteiger partial charge in [-0.2, -0.15) is 0 Å². The third-order valence-corrected chi connectivity index (χ3v) is 5.22. The molecule has 2 aromatic rings. The lowest BCUT2D eigenvalue weighted by Gasteiger charge is -2.22. The number of benzene rings is 2. The maximum atomic E-state index is 13.2. The van der Waals surface area contributed by atoms with Crippen molar-refractivity contribution in [3.63, 3.8) is 0 Å². The second-order valence-corrected chi connectivity index (χ2v) is 7.81. The van der Waals surface area contributed by atoms with Gasteiger partial charge in [0.05, 0.1) is 5.02 Å². The van der Waals surface area contributed by atoms with Crippen molar-refractivity contribution in [1.82, 2.24) is 10.2 Å². The van der Waals surface area contributed by atoms with Gasteiger partial charge < -0.3 is 10.6 Å². The number of nitrogens with one attached hydrogen (secondary N) is 2. The molecule has 0 saturated carbocycles. The Labute approximate surface area is 173 Å². The van der Waals surface area contributed by atoms with Crippen molar-refractivity contribution in [1.29, 1.82) is 0 Å². The van der Waals surface area contributed by atoms with E-state index in [4.69, 9.17) is 11.6 Å².